The third-order valence-corrected chi connectivity index (χ3v) is 7.53. The SMILES string of the molecule is C#CCN(CC(=O)N1N=C(c2ccc(C)cc2)CC1c1ccco1)C1CCS(=O)(=O)C1. The fourth-order valence-electron chi connectivity index (χ4n) is 4.10. The third kappa shape index (κ3) is 4.73. The molecule has 2 aromatic rings. The predicted molar refractivity (Wildman–Crippen MR) is 118 cm³/mol. The molecule has 0 saturated carbocycles. The zero-order valence-corrected chi connectivity index (χ0v) is 18.2. The van der Waals surface area contributed by atoms with Gasteiger partial charge in [-0.2, -0.15) is 5.10 Å². The second-order valence-corrected chi connectivity index (χ2v) is 10.3. The summed E-state index contributed by atoms with van der Waals surface area (Å²) in [6.45, 7) is 2.23. The standard InChI is InChI=1S/C23H25N3O4S/c1-3-11-25(19-10-13-31(28,29)16-19)15-23(27)26-21(22-5-4-12-30-22)14-20(24-26)18-8-6-17(2)7-9-18/h1,4-9,12,19,21H,10-11,13-16H2,2H3. The Kier molecular flexibility index (Phi) is 5.99. The molecular weight excluding hydrogens is 414 g/mol. The molecule has 162 valence electrons. The van der Waals surface area contributed by atoms with Crippen LogP contribution in [-0.4, -0.2) is 60.6 Å². The highest BCUT2D eigenvalue weighted by atomic mass is 32.2. The van der Waals surface area contributed by atoms with E-state index >= 15 is 0 Å². The van der Waals surface area contributed by atoms with E-state index in [1.807, 2.05) is 37.3 Å². The molecule has 0 radical (unpaired) electrons. The second kappa shape index (κ2) is 8.69. The van der Waals surface area contributed by atoms with Crippen molar-refractivity contribution in [2.75, 3.05) is 24.6 Å². The summed E-state index contributed by atoms with van der Waals surface area (Å²) in [5.74, 6) is 3.13. The molecule has 1 saturated heterocycles. The van der Waals surface area contributed by atoms with Gasteiger partial charge >= 0.3 is 0 Å². The average molecular weight is 440 g/mol. The highest BCUT2D eigenvalue weighted by Gasteiger charge is 2.38. The van der Waals surface area contributed by atoms with Crippen LogP contribution in [0.5, 0.6) is 0 Å². The van der Waals surface area contributed by atoms with Crippen LogP contribution in [0.15, 0.2) is 52.2 Å². The van der Waals surface area contributed by atoms with E-state index in [1.54, 1.807) is 17.2 Å². The van der Waals surface area contributed by atoms with Gasteiger partial charge in [-0.05, 0) is 31.0 Å². The van der Waals surface area contributed by atoms with Crippen molar-refractivity contribution in [1.29, 1.82) is 0 Å². The molecule has 4 rings (SSSR count). The van der Waals surface area contributed by atoms with Crippen molar-refractivity contribution < 1.29 is 17.6 Å². The number of furan rings is 1. The molecule has 0 spiro atoms. The van der Waals surface area contributed by atoms with Crippen LogP contribution in [0.3, 0.4) is 0 Å². The molecule has 7 nitrogen and oxygen atoms in total. The van der Waals surface area contributed by atoms with Gasteiger partial charge in [0.25, 0.3) is 5.91 Å². The van der Waals surface area contributed by atoms with E-state index in [0.717, 1.165) is 16.8 Å². The summed E-state index contributed by atoms with van der Waals surface area (Å²) in [6, 6.07) is 11.0. The number of carbonyl (C=O) groups is 1. The van der Waals surface area contributed by atoms with E-state index in [9.17, 15) is 13.2 Å². The summed E-state index contributed by atoms with van der Waals surface area (Å²) in [4.78, 5) is 15.1. The number of hydrogen-bond acceptors (Lipinski definition) is 6. The molecule has 2 unspecified atom stereocenters. The first-order chi connectivity index (χ1) is 14.9. The molecule has 0 N–H and O–H groups in total. The monoisotopic (exact) mass is 439 g/mol. The Bertz CT molecular complexity index is 1110. The van der Waals surface area contributed by atoms with E-state index in [1.165, 1.54) is 5.01 Å². The van der Waals surface area contributed by atoms with Crippen molar-refractivity contribution in [3.8, 4) is 12.3 Å². The van der Waals surface area contributed by atoms with Gasteiger partial charge in [0, 0.05) is 12.5 Å². The van der Waals surface area contributed by atoms with Gasteiger partial charge in [-0.1, -0.05) is 35.7 Å². The van der Waals surface area contributed by atoms with Crippen molar-refractivity contribution in [3.63, 3.8) is 0 Å². The molecule has 2 atom stereocenters. The van der Waals surface area contributed by atoms with Gasteiger partial charge in [0.05, 0.1) is 36.6 Å². The second-order valence-electron chi connectivity index (χ2n) is 8.05. The zero-order chi connectivity index (χ0) is 22.0. The lowest BCUT2D eigenvalue weighted by molar-refractivity contribution is -0.134. The van der Waals surface area contributed by atoms with E-state index in [0.29, 0.717) is 18.6 Å². The third-order valence-electron chi connectivity index (χ3n) is 5.78. The van der Waals surface area contributed by atoms with Gasteiger partial charge < -0.3 is 4.42 Å². The topological polar surface area (TPSA) is 83.2 Å². The van der Waals surface area contributed by atoms with E-state index in [-0.39, 0.29) is 42.6 Å². The fraction of sp³-hybridized carbons (Fsp3) is 0.391. The molecule has 0 aliphatic carbocycles. The Morgan fingerprint density at radius 1 is 1.32 bits per heavy atom. The Morgan fingerprint density at radius 3 is 2.71 bits per heavy atom. The number of amides is 1. The smallest absolute Gasteiger partial charge is 0.257 e. The lowest BCUT2D eigenvalue weighted by Gasteiger charge is -2.28. The minimum Gasteiger partial charge on any atom is -0.467 e. The summed E-state index contributed by atoms with van der Waals surface area (Å²) in [7, 11) is -3.09. The summed E-state index contributed by atoms with van der Waals surface area (Å²) in [5, 5.41) is 6.10. The van der Waals surface area contributed by atoms with Crippen molar-refractivity contribution in [2.45, 2.75) is 31.8 Å². The van der Waals surface area contributed by atoms with Crippen LogP contribution in [0, 0.1) is 19.3 Å². The minimum absolute atomic E-state index is 0.00622. The Balaban J connectivity index is 1.58. The molecule has 0 bridgehead atoms. The number of aryl methyl sites for hydroxylation is 1. The molecule has 31 heavy (non-hydrogen) atoms. The fourth-order valence-corrected chi connectivity index (χ4v) is 5.87. The molecule has 3 heterocycles. The van der Waals surface area contributed by atoms with Crippen LogP contribution in [0.2, 0.25) is 0 Å². The molecule has 2 aliphatic heterocycles. The van der Waals surface area contributed by atoms with Crippen molar-refractivity contribution >= 4 is 21.5 Å². The number of carbonyl (C=O) groups excluding carboxylic acids is 1. The highest BCUT2D eigenvalue weighted by molar-refractivity contribution is 7.91. The number of hydrazone groups is 1. The Morgan fingerprint density at radius 2 is 2.10 bits per heavy atom. The quantitative estimate of drug-likeness (QED) is 0.646. The van der Waals surface area contributed by atoms with Crippen LogP contribution < -0.4 is 0 Å². The van der Waals surface area contributed by atoms with Gasteiger partial charge in [-0.3, -0.25) is 9.69 Å². The number of rotatable bonds is 6. The zero-order valence-electron chi connectivity index (χ0n) is 17.4. The predicted octanol–water partition coefficient (Wildman–Crippen LogP) is 2.39. The van der Waals surface area contributed by atoms with E-state index < -0.39 is 9.84 Å². The maximum absolute atomic E-state index is 13.3. The molecule has 8 heteroatoms. The molecule has 2 aliphatic rings. The van der Waals surface area contributed by atoms with Gasteiger partial charge in [0.15, 0.2) is 9.84 Å². The minimum atomic E-state index is -3.09. The van der Waals surface area contributed by atoms with Crippen molar-refractivity contribution in [2.24, 2.45) is 5.10 Å². The van der Waals surface area contributed by atoms with Crippen LogP contribution in [0.25, 0.3) is 0 Å². The summed E-state index contributed by atoms with van der Waals surface area (Å²) < 4.78 is 29.4. The summed E-state index contributed by atoms with van der Waals surface area (Å²) in [6.07, 6.45) is 8.10. The van der Waals surface area contributed by atoms with Crippen molar-refractivity contribution in [3.05, 3.63) is 59.5 Å². The molecule has 1 fully saturated rings. The number of terminal acetylenes is 1. The van der Waals surface area contributed by atoms with Crippen LogP contribution in [0.4, 0.5) is 0 Å². The first kappa shape index (κ1) is 21.3. The normalized spacial score (nSPS) is 22.5. The molecular formula is C23H25N3O4S. The summed E-state index contributed by atoms with van der Waals surface area (Å²) >= 11 is 0. The molecule has 1 aromatic carbocycles. The number of benzene rings is 1. The average Bonchev–Trinajstić information content (AvgIpc) is 3.47. The van der Waals surface area contributed by atoms with Gasteiger partial charge in [-0.15, -0.1) is 6.42 Å². The maximum Gasteiger partial charge on any atom is 0.257 e. The van der Waals surface area contributed by atoms with Gasteiger partial charge in [0.1, 0.15) is 11.8 Å². The molecule has 1 aromatic heterocycles. The highest BCUT2D eigenvalue weighted by Crippen LogP contribution is 2.33. The van der Waals surface area contributed by atoms with Crippen LogP contribution in [-0.2, 0) is 14.6 Å². The van der Waals surface area contributed by atoms with Crippen molar-refractivity contribution in [1.82, 2.24) is 9.91 Å². The first-order valence-corrected chi connectivity index (χ1v) is 12.1. The van der Waals surface area contributed by atoms with Gasteiger partial charge in [-0.25, -0.2) is 13.4 Å². The van der Waals surface area contributed by atoms with Gasteiger partial charge in [0.2, 0.25) is 0 Å². The summed E-state index contributed by atoms with van der Waals surface area (Å²) in [5.41, 5.74) is 2.91. The Hall–Kier alpha value is -2.89. The maximum atomic E-state index is 13.3. The lowest BCUT2D eigenvalue weighted by atomic mass is 10.0. The lowest BCUT2D eigenvalue weighted by Crippen LogP contribution is -2.44. The number of hydrogen-bond donors (Lipinski definition) is 0. The first-order valence-electron chi connectivity index (χ1n) is 10.2. The molecule has 1 amide bonds. The largest absolute Gasteiger partial charge is 0.467 e. The van der Waals surface area contributed by atoms with E-state index in [4.69, 9.17) is 10.8 Å². The van der Waals surface area contributed by atoms with Crippen LogP contribution >= 0.6 is 0 Å². The van der Waals surface area contributed by atoms with E-state index in [2.05, 4.69) is 11.0 Å². The van der Waals surface area contributed by atoms with Crippen LogP contribution in [0.1, 0.15) is 35.8 Å². The Labute approximate surface area is 182 Å². The number of sulfone groups is 1. The number of nitrogens with zero attached hydrogens (tertiary/aromatic N) is 3.